The molecule has 2 atom stereocenters. The molecule has 12 heteroatoms. The smallest absolute Gasteiger partial charge is 0.408 e. The van der Waals surface area contributed by atoms with Crippen LogP contribution in [-0.2, 0) is 41.8 Å². The topological polar surface area (TPSA) is 129 Å². The van der Waals surface area contributed by atoms with Crippen molar-refractivity contribution < 1.29 is 38.1 Å². The molecule has 40 heavy (non-hydrogen) atoms. The van der Waals surface area contributed by atoms with Gasteiger partial charge in [-0.2, -0.15) is 0 Å². The number of nitrogens with one attached hydrogen (secondary N) is 2. The maximum atomic E-state index is 12.1. The fraction of sp³-hybridized carbons (Fsp3) is 0.429. The SMILES string of the molecule is COC(=O)[C@H](CCCSSCCC[C@H](NC(=O)OCc1ccccc1)C(=O)OC)NC(=O)OCc1ccccc1. The van der Waals surface area contributed by atoms with Crippen LogP contribution < -0.4 is 10.6 Å². The number of rotatable bonds is 17. The summed E-state index contributed by atoms with van der Waals surface area (Å²) in [4.78, 5) is 48.4. The Labute approximate surface area is 242 Å². The van der Waals surface area contributed by atoms with E-state index in [0.717, 1.165) is 22.6 Å². The fourth-order valence-corrected chi connectivity index (χ4v) is 5.63. The van der Waals surface area contributed by atoms with E-state index in [1.165, 1.54) is 14.2 Å². The lowest BCUT2D eigenvalue weighted by Gasteiger charge is -2.17. The number of alkyl carbamates (subject to hydrolysis) is 2. The Morgan fingerprint density at radius 1 is 0.650 bits per heavy atom. The molecule has 10 nitrogen and oxygen atoms in total. The standard InChI is InChI=1S/C28H36N2O8S2/c1-35-25(31)23(29-27(33)37-19-21-11-5-3-6-12-21)15-9-17-39-40-18-10-16-24(26(32)36-2)30-28(34)38-20-22-13-7-4-8-14-22/h3-8,11-14,23-24H,9-10,15-20H2,1-2H3,(H,29,33)(H,30,34)/t23-,24-/m0/s1. The lowest BCUT2D eigenvalue weighted by Crippen LogP contribution is -2.41. The van der Waals surface area contributed by atoms with Crippen molar-refractivity contribution >= 4 is 45.7 Å². The Morgan fingerprint density at radius 2 is 1.02 bits per heavy atom. The van der Waals surface area contributed by atoms with Gasteiger partial charge in [-0.25, -0.2) is 19.2 Å². The van der Waals surface area contributed by atoms with E-state index < -0.39 is 36.2 Å². The molecule has 0 saturated heterocycles. The van der Waals surface area contributed by atoms with Crippen molar-refractivity contribution in [3.63, 3.8) is 0 Å². The van der Waals surface area contributed by atoms with Crippen molar-refractivity contribution in [2.75, 3.05) is 25.7 Å². The lowest BCUT2D eigenvalue weighted by atomic mass is 10.2. The van der Waals surface area contributed by atoms with Gasteiger partial charge in [-0.15, -0.1) is 0 Å². The third kappa shape index (κ3) is 13.6. The van der Waals surface area contributed by atoms with E-state index in [-0.39, 0.29) is 13.2 Å². The third-order valence-corrected chi connectivity index (χ3v) is 8.08. The number of benzene rings is 2. The van der Waals surface area contributed by atoms with E-state index in [2.05, 4.69) is 10.6 Å². The molecule has 2 rings (SSSR count). The van der Waals surface area contributed by atoms with Crippen molar-refractivity contribution in [2.45, 2.75) is 51.0 Å². The molecule has 0 unspecified atom stereocenters. The number of ether oxygens (including phenoxy) is 4. The number of hydrogen-bond donors (Lipinski definition) is 2. The first kappa shape index (κ1) is 32.8. The lowest BCUT2D eigenvalue weighted by molar-refractivity contribution is -0.144. The molecule has 0 aliphatic rings. The average molecular weight is 593 g/mol. The Balaban J connectivity index is 1.62. The first-order valence-electron chi connectivity index (χ1n) is 12.8. The quantitative estimate of drug-likeness (QED) is 0.114. The minimum absolute atomic E-state index is 0.105. The van der Waals surface area contributed by atoms with Crippen LogP contribution >= 0.6 is 21.6 Å². The number of esters is 2. The highest BCUT2D eigenvalue weighted by molar-refractivity contribution is 8.76. The normalized spacial score (nSPS) is 11.9. The maximum Gasteiger partial charge on any atom is 0.408 e. The molecule has 0 radical (unpaired) electrons. The van der Waals surface area contributed by atoms with Crippen molar-refractivity contribution in [1.29, 1.82) is 0 Å². The van der Waals surface area contributed by atoms with Gasteiger partial charge in [-0.1, -0.05) is 82.3 Å². The highest BCUT2D eigenvalue weighted by Gasteiger charge is 2.23. The average Bonchev–Trinajstić information content (AvgIpc) is 2.99. The summed E-state index contributed by atoms with van der Waals surface area (Å²) in [6.07, 6.45) is 0.768. The van der Waals surface area contributed by atoms with Crippen molar-refractivity contribution in [3.8, 4) is 0 Å². The van der Waals surface area contributed by atoms with E-state index in [9.17, 15) is 19.2 Å². The monoisotopic (exact) mass is 592 g/mol. The summed E-state index contributed by atoms with van der Waals surface area (Å²) in [6, 6.07) is 16.9. The largest absolute Gasteiger partial charge is 0.467 e. The van der Waals surface area contributed by atoms with E-state index >= 15 is 0 Å². The molecule has 2 aromatic rings. The van der Waals surface area contributed by atoms with Gasteiger partial charge in [0.05, 0.1) is 14.2 Å². The maximum absolute atomic E-state index is 12.1. The predicted octanol–water partition coefficient (Wildman–Crippen LogP) is 4.86. The summed E-state index contributed by atoms with van der Waals surface area (Å²) in [6.45, 7) is 0.211. The number of methoxy groups -OCH3 is 2. The third-order valence-electron chi connectivity index (χ3n) is 5.51. The Hall–Kier alpha value is -3.38. The molecule has 0 aromatic heterocycles. The molecule has 0 fully saturated rings. The van der Waals surface area contributed by atoms with E-state index in [4.69, 9.17) is 18.9 Å². The molecule has 0 bridgehead atoms. The first-order chi connectivity index (χ1) is 19.4. The molecule has 2 N–H and O–H groups in total. The van der Waals surface area contributed by atoms with Crippen molar-refractivity contribution in [1.82, 2.24) is 10.6 Å². The zero-order valence-electron chi connectivity index (χ0n) is 22.7. The minimum atomic E-state index is -0.799. The molecular weight excluding hydrogens is 556 g/mol. The highest BCUT2D eigenvalue weighted by Crippen LogP contribution is 2.24. The molecule has 2 aromatic carbocycles. The van der Waals surface area contributed by atoms with E-state index in [1.54, 1.807) is 21.6 Å². The summed E-state index contributed by atoms with van der Waals surface area (Å²) >= 11 is 0. The second kappa shape index (κ2) is 19.6. The van der Waals surface area contributed by atoms with Crippen LogP contribution in [0.3, 0.4) is 0 Å². The highest BCUT2D eigenvalue weighted by atomic mass is 33.1. The van der Waals surface area contributed by atoms with Crippen LogP contribution in [0.25, 0.3) is 0 Å². The van der Waals surface area contributed by atoms with Crippen molar-refractivity contribution in [3.05, 3.63) is 71.8 Å². The molecule has 2 amide bonds. The Bertz CT molecular complexity index is 960. The first-order valence-corrected chi connectivity index (χ1v) is 15.3. The van der Waals surface area contributed by atoms with Crippen LogP contribution in [0.1, 0.15) is 36.8 Å². The summed E-state index contributed by atoms with van der Waals surface area (Å²) in [5, 5.41) is 5.14. The zero-order valence-corrected chi connectivity index (χ0v) is 24.3. The van der Waals surface area contributed by atoms with Gasteiger partial charge in [-0.3, -0.25) is 0 Å². The van der Waals surface area contributed by atoms with E-state index in [1.807, 2.05) is 60.7 Å². The van der Waals surface area contributed by atoms with Gasteiger partial charge in [0, 0.05) is 11.5 Å². The van der Waals surface area contributed by atoms with Gasteiger partial charge < -0.3 is 29.6 Å². The molecule has 0 spiro atoms. The number of carbonyl (C=O) groups excluding carboxylic acids is 4. The Morgan fingerprint density at radius 3 is 1.38 bits per heavy atom. The number of hydrogen-bond acceptors (Lipinski definition) is 10. The zero-order chi connectivity index (χ0) is 29.0. The van der Waals surface area contributed by atoms with Crippen LogP contribution in [0, 0.1) is 0 Å². The molecule has 0 saturated carbocycles. The summed E-state index contributed by atoms with van der Waals surface area (Å²) in [5.74, 6) is 0.420. The van der Waals surface area contributed by atoms with Gasteiger partial charge in [-0.05, 0) is 36.8 Å². The van der Waals surface area contributed by atoms with Crippen LogP contribution in [0.2, 0.25) is 0 Å². The number of amides is 2. The van der Waals surface area contributed by atoms with Gasteiger partial charge in [0.1, 0.15) is 25.3 Å². The summed E-state index contributed by atoms with van der Waals surface area (Å²) in [7, 11) is 5.79. The van der Waals surface area contributed by atoms with Gasteiger partial charge in [0.2, 0.25) is 0 Å². The predicted molar refractivity (Wildman–Crippen MR) is 155 cm³/mol. The fourth-order valence-electron chi connectivity index (χ4n) is 3.41. The van der Waals surface area contributed by atoms with Crippen LogP contribution in [-0.4, -0.2) is 61.9 Å². The second-order valence-corrected chi connectivity index (χ2v) is 11.2. The number of carbonyl (C=O) groups is 4. The molecule has 0 heterocycles. The van der Waals surface area contributed by atoms with Gasteiger partial charge in [0.25, 0.3) is 0 Å². The Kier molecular flexibility index (Phi) is 16.1. The molecular formula is C28H36N2O8S2. The van der Waals surface area contributed by atoms with Crippen molar-refractivity contribution in [2.24, 2.45) is 0 Å². The van der Waals surface area contributed by atoms with Gasteiger partial charge in [0.15, 0.2) is 0 Å². The molecule has 218 valence electrons. The second-order valence-electron chi connectivity index (χ2n) is 8.49. The van der Waals surface area contributed by atoms with Crippen LogP contribution in [0.15, 0.2) is 60.7 Å². The van der Waals surface area contributed by atoms with Crippen LogP contribution in [0.4, 0.5) is 9.59 Å². The van der Waals surface area contributed by atoms with Gasteiger partial charge >= 0.3 is 24.1 Å². The molecule has 0 aliphatic carbocycles. The molecule has 0 aliphatic heterocycles. The minimum Gasteiger partial charge on any atom is -0.467 e. The summed E-state index contributed by atoms with van der Waals surface area (Å²) < 4.78 is 20.0. The van der Waals surface area contributed by atoms with Crippen LogP contribution in [0.5, 0.6) is 0 Å². The summed E-state index contributed by atoms with van der Waals surface area (Å²) in [5.41, 5.74) is 1.69. The van der Waals surface area contributed by atoms with E-state index in [0.29, 0.717) is 25.7 Å².